The maximum Gasteiger partial charge on any atom is 0.212 e. The Hall–Kier alpha value is -1.58. The fraction of sp³-hybridized carbons (Fsp3) is 0. The van der Waals surface area contributed by atoms with Crippen molar-refractivity contribution in [2.45, 2.75) is 0 Å². The van der Waals surface area contributed by atoms with E-state index in [1.807, 2.05) is 0 Å². The molecule has 0 fully saturated rings. The van der Waals surface area contributed by atoms with Gasteiger partial charge in [0.2, 0.25) is 6.41 Å². The Balaban J connectivity index is 2.68. The molecule has 1 aromatic heterocycles. The molecule has 1 heterocycles. The van der Waals surface area contributed by atoms with Crippen LogP contribution in [0.4, 0.5) is 0 Å². The van der Waals surface area contributed by atoms with Crippen LogP contribution in [0.5, 0.6) is 0 Å². The van der Waals surface area contributed by atoms with Crippen molar-refractivity contribution in [1.82, 2.24) is 10.3 Å². The highest BCUT2D eigenvalue weighted by molar-refractivity contribution is 6.00. The first kappa shape index (κ1) is 6.54. The topological polar surface area (TPSA) is 68.7 Å². The van der Waals surface area contributed by atoms with E-state index in [9.17, 15) is 4.79 Å². The molecule has 0 aliphatic rings. The molecule has 0 radical (unpaired) electrons. The zero-order chi connectivity index (χ0) is 7.40. The third-order valence-corrected chi connectivity index (χ3v) is 1.07. The largest absolute Gasteiger partial charge is 0.359 e. The third kappa shape index (κ3) is 1.22. The highest BCUT2D eigenvalue weighted by atomic mass is 16.1. The van der Waals surface area contributed by atoms with Crippen molar-refractivity contribution in [3.05, 3.63) is 24.0 Å². The fourth-order valence-corrected chi connectivity index (χ4v) is 0.623. The highest BCUT2D eigenvalue weighted by Gasteiger charge is 1.96. The number of rotatable bonds is 2. The van der Waals surface area contributed by atoms with Crippen molar-refractivity contribution in [2.75, 3.05) is 0 Å². The number of amides is 1. The van der Waals surface area contributed by atoms with Crippen LogP contribution in [0, 0.1) is 5.41 Å². The first-order chi connectivity index (χ1) is 4.84. The van der Waals surface area contributed by atoms with Crippen LogP contribution < -0.4 is 5.32 Å². The van der Waals surface area contributed by atoms with Crippen molar-refractivity contribution in [3.8, 4) is 0 Å². The van der Waals surface area contributed by atoms with Crippen molar-refractivity contribution in [1.29, 1.82) is 5.41 Å². The van der Waals surface area contributed by atoms with Crippen LogP contribution in [0.1, 0.15) is 5.69 Å². The number of aromatic nitrogens is 1. The predicted octanol–water partition coefficient (Wildman–Crippen LogP) is 0.0861. The van der Waals surface area contributed by atoms with Crippen molar-refractivity contribution < 1.29 is 4.79 Å². The molecule has 0 unspecified atom stereocenters. The number of amidine groups is 1. The zero-order valence-corrected chi connectivity index (χ0v) is 5.22. The number of hydrogen-bond acceptors (Lipinski definition) is 2. The number of nitrogens with one attached hydrogen (secondary N) is 3. The van der Waals surface area contributed by atoms with E-state index in [0.717, 1.165) is 0 Å². The molecule has 0 aliphatic heterocycles. The molecule has 1 amide bonds. The van der Waals surface area contributed by atoms with Crippen molar-refractivity contribution in [2.24, 2.45) is 0 Å². The lowest BCUT2D eigenvalue weighted by Crippen LogP contribution is -2.21. The van der Waals surface area contributed by atoms with Gasteiger partial charge in [0.1, 0.15) is 5.84 Å². The molecule has 0 aromatic carbocycles. The monoisotopic (exact) mass is 137 g/mol. The molecule has 10 heavy (non-hydrogen) atoms. The van der Waals surface area contributed by atoms with Gasteiger partial charge < -0.3 is 10.3 Å². The van der Waals surface area contributed by atoms with Crippen LogP contribution in [-0.2, 0) is 4.79 Å². The summed E-state index contributed by atoms with van der Waals surface area (Å²) in [6, 6.07) is 3.47. The van der Waals surface area contributed by atoms with E-state index in [1.165, 1.54) is 0 Å². The number of hydrogen-bond donors (Lipinski definition) is 3. The Bertz CT molecular complexity index is 227. The van der Waals surface area contributed by atoms with Gasteiger partial charge in [-0.1, -0.05) is 0 Å². The van der Waals surface area contributed by atoms with E-state index >= 15 is 0 Å². The Morgan fingerprint density at radius 2 is 2.60 bits per heavy atom. The number of carbonyl (C=O) groups is 1. The van der Waals surface area contributed by atoms with Crippen molar-refractivity contribution in [3.63, 3.8) is 0 Å². The zero-order valence-electron chi connectivity index (χ0n) is 5.22. The van der Waals surface area contributed by atoms with Gasteiger partial charge in [-0.3, -0.25) is 10.2 Å². The smallest absolute Gasteiger partial charge is 0.212 e. The summed E-state index contributed by atoms with van der Waals surface area (Å²) >= 11 is 0. The number of aromatic amines is 1. The molecule has 0 bridgehead atoms. The molecule has 0 atom stereocenters. The van der Waals surface area contributed by atoms with Gasteiger partial charge in [-0.05, 0) is 12.1 Å². The van der Waals surface area contributed by atoms with Crippen LogP contribution in [0.15, 0.2) is 18.3 Å². The van der Waals surface area contributed by atoms with Gasteiger partial charge in [0.15, 0.2) is 0 Å². The predicted molar refractivity (Wildman–Crippen MR) is 36.8 cm³/mol. The molecule has 0 saturated carbocycles. The standard InChI is InChI=1S/C6H7N3O/c7-6(9-4-10)5-2-1-3-8-5/h1-4,8H,(H2,7,9,10). The first-order valence-corrected chi connectivity index (χ1v) is 2.77. The van der Waals surface area contributed by atoms with Gasteiger partial charge in [-0.25, -0.2) is 0 Å². The molecule has 0 spiro atoms. The molecule has 3 N–H and O–H groups in total. The minimum Gasteiger partial charge on any atom is -0.359 e. The maximum absolute atomic E-state index is 9.84. The molecular weight excluding hydrogens is 130 g/mol. The van der Waals surface area contributed by atoms with Gasteiger partial charge in [0, 0.05) is 6.20 Å². The minimum absolute atomic E-state index is 0.0833. The molecule has 4 nitrogen and oxygen atoms in total. The van der Waals surface area contributed by atoms with Crippen LogP contribution in [0.2, 0.25) is 0 Å². The minimum atomic E-state index is 0.0833. The Kier molecular flexibility index (Phi) is 1.84. The molecule has 0 saturated heterocycles. The average molecular weight is 137 g/mol. The van der Waals surface area contributed by atoms with Crippen LogP contribution in [0.3, 0.4) is 0 Å². The average Bonchev–Trinajstić information content (AvgIpc) is 2.38. The summed E-state index contributed by atoms with van der Waals surface area (Å²) in [4.78, 5) is 12.6. The lowest BCUT2D eigenvalue weighted by Gasteiger charge is -1.95. The number of H-pyrrole nitrogens is 1. The summed E-state index contributed by atoms with van der Waals surface area (Å²) in [6.07, 6.45) is 2.17. The van der Waals surface area contributed by atoms with E-state index in [0.29, 0.717) is 12.1 Å². The fourth-order valence-electron chi connectivity index (χ4n) is 0.623. The second kappa shape index (κ2) is 2.82. The van der Waals surface area contributed by atoms with Gasteiger partial charge in [-0.15, -0.1) is 0 Å². The molecule has 4 heteroatoms. The summed E-state index contributed by atoms with van der Waals surface area (Å²) < 4.78 is 0. The molecule has 0 aliphatic carbocycles. The summed E-state index contributed by atoms with van der Waals surface area (Å²) in [5.74, 6) is 0.0833. The second-order valence-electron chi connectivity index (χ2n) is 1.72. The van der Waals surface area contributed by atoms with Crippen LogP contribution in [0.25, 0.3) is 0 Å². The Morgan fingerprint density at radius 3 is 3.10 bits per heavy atom. The maximum atomic E-state index is 9.84. The lowest BCUT2D eigenvalue weighted by atomic mass is 10.4. The van der Waals surface area contributed by atoms with Crippen LogP contribution >= 0.6 is 0 Å². The summed E-state index contributed by atoms with van der Waals surface area (Å²) in [5, 5.41) is 9.39. The quantitative estimate of drug-likeness (QED) is 0.301. The van der Waals surface area contributed by atoms with E-state index in [1.54, 1.807) is 18.3 Å². The first-order valence-electron chi connectivity index (χ1n) is 2.77. The SMILES string of the molecule is N=C(NC=O)c1ccc[nH]1. The van der Waals surface area contributed by atoms with Gasteiger partial charge in [0.05, 0.1) is 5.69 Å². The molecule has 1 aromatic rings. The summed E-state index contributed by atoms with van der Waals surface area (Å²) in [7, 11) is 0. The van der Waals surface area contributed by atoms with Crippen LogP contribution in [-0.4, -0.2) is 17.2 Å². The normalized spacial score (nSPS) is 8.80. The van der Waals surface area contributed by atoms with Gasteiger partial charge >= 0.3 is 0 Å². The summed E-state index contributed by atoms with van der Waals surface area (Å²) in [5.41, 5.74) is 0.604. The Morgan fingerprint density at radius 1 is 1.80 bits per heavy atom. The van der Waals surface area contributed by atoms with Gasteiger partial charge in [0.25, 0.3) is 0 Å². The van der Waals surface area contributed by atoms with Crippen molar-refractivity contribution >= 4 is 12.2 Å². The number of carbonyl (C=O) groups excluding carboxylic acids is 1. The van der Waals surface area contributed by atoms with E-state index in [2.05, 4.69) is 10.3 Å². The Labute approximate surface area is 57.8 Å². The van der Waals surface area contributed by atoms with E-state index in [4.69, 9.17) is 5.41 Å². The summed E-state index contributed by atoms with van der Waals surface area (Å²) in [6.45, 7) is 0. The molecular formula is C6H7N3O. The molecule has 1 rings (SSSR count). The highest BCUT2D eigenvalue weighted by Crippen LogP contribution is 1.91. The van der Waals surface area contributed by atoms with Gasteiger partial charge in [-0.2, -0.15) is 0 Å². The van der Waals surface area contributed by atoms with E-state index < -0.39 is 0 Å². The lowest BCUT2D eigenvalue weighted by molar-refractivity contribution is -0.108. The third-order valence-electron chi connectivity index (χ3n) is 1.07. The second-order valence-corrected chi connectivity index (χ2v) is 1.72. The van der Waals surface area contributed by atoms with E-state index in [-0.39, 0.29) is 5.84 Å². The molecule has 52 valence electrons.